The molecule has 2 rings (SSSR count). The van der Waals surface area contributed by atoms with E-state index in [2.05, 4.69) is 22.4 Å². The van der Waals surface area contributed by atoms with Crippen LogP contribution in [0.4, 0.5) is 4.79 Å². The Morgan fingerprint density at radius 2 is 2.33 bits per heavy atom. The van der Waals surface area contributed by atoms with E-state index in [1.807, 2.05) is 31.7 Å². The molecule has 2 heterocycles. The number of amides is 1. The van der Waals surface area contributed by atoms with E-state index < -0.39 is 5.60 Å². The topological polar surface area (TPSA) is 70.2 Å². The van der Waals surface area contributed by atoms with Gasteiger partial charge in [-0.05, 0) is 46.6 Å². The first-order chi connectivity index (χ1) is 9.87. The third kappa shape index (κ3) is 4.46. The Morgan fingerprint density at radius 3 is 2.95 bits per heavy atom. The van der Waals surface area contributed by atoms with Crippen LogP contribution in [0.25, 0.3) is 0 Å². The van der Waals surface area contributed by atoms with Crippen LogP contribution in [0, 0.1) is 0 Å². The molecule has 21 heavy (non-hydrogen) atoms. The molecule has 1 aliphatic rings. The van der Waals surface area contributed by atoms with Crippen molar-refractivity contribution in [3.8, 4) is 0 Å². The van der Waals surface area contributed by atoms with E-state index in [9.17, 15) is 4.79 Å². The molecule has 1 aromatic heterocycles. The molecule has 6 heteroatoms. The normalized spacial score (nSPS) is 23.1. The van der Waals surface area contributed by atoms with Gasteiger partial charge in [0.15, 0.2) is 0 Å². The number of ether oxygens (including phenoxy) is 1. The Labute approximate surface area is 126 Å². The van der Waals surface area contributed by atoms with Crippen LogP contribution >= 0.6 is 0 Å². The molecule has 0 radical (unpaired) electrons. The Kier molecular flexibility index (Phi) is 4.88. The predicted octanol–water partition coefficient (Wildman–Crippen LogP) is 2.29. The summed E-state index contributed by atoms with van der Waals surface area (Å²) in [5.41, 5.74) is 0.601. The third-order valence-electron chi connectivity index (χ3n) is 3.73. The largest absolute Gasteiger partial charge is 0.444 e. The third-order valence-corrected chi connectivity index (χ3v) is 3.73. The highest BCUT2D eigenvalue weighted by Crippen LogP contribution is 2.21. The number of hydrogen-bond acceptors (Lipinski definition) is 4. The number of piperidine rings is 1. The molecule has 1 amide bonds. The molecule has 1 saturated heterocycles. The number of rotatable bonds is 3. The van der Waals surface area contributed by atoms with Crippen molar-refractivity contribution in [2.45, 2.75) is 64.8 Å². The van der Waals surface area contributed by atoms with Crippen molar-refractivity contribution in [3.63, 3.8) is 0 Å². The lowest BCUT2D eigenvalue weighted by Crippen LogP contribution is -2.55. The van der Waals surface area contributed by atoms with Crippen LogP contribution in [0.2, 0.25) is 0 Å². The van der Waals surface area contributed by atoms with Crippen LogP contribution < -0.4 is 5.32 Å². The van der Waals surface area contributed by atoms with E-state index in [0.717, 1.165) is 31.6 Å². The Hall–Kier alpha value is -1.56. The lowest BCUT2D eigenvalue weighted by atomic mass is 9.98. The van der Waals surface area contributed by atoms with Gasteiger partial charge >= 0.3 is 6.09 Å². The summed E-state index contributed by atoms with van der Waals surface area (Å²) in [7, 11) is 0. The predicted molar refractivity (Wildman–Crippen MR) is 80.9 cm³/mol. The number of carbonyl (C=O) groups is 1. The van der Waals surface area contributed by atoms with E-state index in [4.69, 9.17) is 4.74 Å². The van der Waals surface area contributed by atoms with Crippen molar-refractivity contribution < 1.29 is 9.53 Å². The number of likely N-dealkylation sites (tertiary alicyclic amines) is 1. The van der Waals surface area contributed by atoms with Crippen molar-refractivity contribution >= 4 is 6.09 Å². The zero-order valence-corrected chi connectivity index (χ0v) is 13.3. The summed E-state index contributed by atoms with van der Waals surface area (Å²) < 4.78 is 5.49. The maximum absolute atomic E-state index is 12.3. The first-order valence-electron chi connectivity index (χ1n) is 7.58. The van der Waals surface area contributed by atoms with Gasteiger partial charge in [0.25, 0.3) is 0 Å². The molecule has 0 saturated carbocycles. The molecule has 0 aromatic carbocycles. The Bertz CT molecular complexity index is 453. The number of H-pyrrole nitrogens is 1. The fourth-order valence-electron chi connectivity index (χ4n) is 2.62. The molecule has 1 aromatic rings. The first-order valence-corrected chi connectivity index (χ1v) is 7.58. The highest BCUT2D eigenvalue weighted by Gasteiger charge is 2.33. The van der Waals surface area contributed by atoms with E-state index >= 15 is 0 Å². The number of hydrogen-bond donors (Lipinski definition) is 2. The van der Waals surface area contributed by atoms with Gasteiger partial charge in [0.2, 0.25) is 0 Å². The molecular weight excluding hydrogens is 268 g/mol. The van der Waals surface area contributed by atoms with Gasteiger partial charge in [0, 0.05) is 37.1 Å². The van der Waals surface area contributed by atoms with Gasteiger partial charge in [-0.2, -0.15) is 5.10 Å². The standard InChI is InChI=1S/C15H26N4O2/c1-11-13(16-10-12-7-8-17-18-12)6-5-9-19(11)14(20)21-15(2,3)4/h7-8,11,13,16H,5-6,9-10H2,1-4H3,(H,17,18)/t11-,13-/m1/s1. The first kappa shape index (κ1) is 15.8. The van der Waals surface area contributed by atoms with Gasteiger partial charge in [0.1, 0.15) is 5.60 Å². The highest BCUT2D eigenvalue weighted by molar-refractivity contribution is 5.68. The van der Waals surface area contributed by atoms with Crippen LogP contribution in [-0.4, -0.2) is 45.4 Å². The molecule has 0 bridgehead atoms. The minimum atomic E-state index is -0.451. The smallest absolute Gasteiger partial charge is 0.410 e. The summed E-state index contributed by atoms with van der Waals surface area (Å²) in [6.45, 7) is 9.26. The highest BCUT2D eigenvalue weighted by atomic mass is 16.6. The van der Waals surface area contributed by atoms with Crippen molar-refractivity contribution in [1.29, 1.82) is 0 Å². The van der Waals surface area contributed by atoms with Crippen LogP contribution in [0.5, 0.6) is 0 Å². The van der Waals surface area contributed by atoms with Crippen molar-refractivity contribution in [1.82, 2.24) is 20.4 Å². The monoisotopic (exact) mass is 294 g/mol. The number of nitrogens with zero attached hydrogens (tertiary/aromatic N) is 2. The summed E-state index contributed by atoms with van der Waals surface area (Å²) in [5.74, 6) is 0. The van der Waals surface area contributed by atoms with Crippen LogP contribution in [0.1, 0.15) is 46.2 Å². The maximum Gasteiger partial charge on any atom is 0.410 e. The second kappa shape index (κ2) is 6.47. The number of aromatic nitrogens is 2. The molecule has 1 fully saturated rings. The second-order valence-electron chi connectivity index (χ2n) is 6.63. The zero-order valence-electron chi connectivity index (χ0n) is 13.3. The molecule has 2 atom stereocenters. The molecule has 118 valence electrons. The SMILES string of the molecule is C[C@@H]1[C@H](NCc2ccn[nH]2)CCCN1C(=O)OC(C)(C)C. The van der Waals surface area contributed by atoms with Gasteiger partial charge in [-0.1, -0.05) is 0 Å². The van der Waals surface area contributed by atoms with E-state index in [1.54, 1.807) is 6.20 Å². The van der Waals surface area contributed by atoms with Gasteiger partial charge in [-0.25, -0.2) is 4.79 Å². The second-order valence-corrected chi connectivity index (χ2v) is 6.63. The molecule has 2 N–H and O–H groups in total. The average Bonchev–Trinajstić information content (AvgIpc) is 2.88. The molecule has 0 aliphatic carbocycles. The van der Waals surface area contributed by atoms with Crippen molar-refractivity contribution in [3.05, 3.63) is 18.0 Å². The van der Waals surface area contributed by atoms with Crippen molar-refractivity contribution in [2.24, 2.45) is 0 Å². The summed E-state index contributed by atoms with van der Waals surface area (Å²) in [6, 6.07) is 2.35. The Morgan fingerprint density at radius 1 is 1.57 bits per heavy atom. The minimum absolute atomic E-state index is 0.122. The van der Waals surface area contributed by atoms with Crippen LogP contribution in [0.15, 0.2) is 12.3 Å². The number of carbonyl (C=O) groups excluding carboxylic acids is 1. The number of nitrogens with one attached hydrogen (secondary N) is 2. The zero-order chi connectivity index (χ0) is 15.5. The quantitative estimate of drug-likeness (QED) is 0.897. The molecule has 1 aliphatic heterocycles. The summed E-state index contributed by atoms with van der Waals surface area (Å²) >= 11 is 0. The van der Waals surface area contributed by atoms with E-state index in [-0.39, 0.29) is 18.2 Å². The fourth-order valence-corrected chi connectivity index (χ4v) is 2.62. The van der Waals surface area contributed by atoms with Crippen LogP contribution in [0.3, 0.4) is 0 Å². The van der Waals surface area contributed by atoms with Crippen molar-refractivity contribution in [2.75, 3.05) is 6.54 Å². The maximum atomic E-state index is 12.3. The lowest BCUT2D eigenvalue weighted by Gasteiger charge is -2.40. The molecule has 6 nitrogen and oxygen atoms in total. The fraction of sp³-hybridized carbons (Fsp3) is 0.733. The van der Waals surface area contributed by atoms with E-state index in [1.165, 1.54) is 0 Å². The van der Waals surface area contributed by atoms with Crippen LogP contribution in [-0.2, 0) is 11.3 Å². The summed E-state index contributed by atoms with van der Waals surface area (Å²) in [4.78, 5) is 14.1. The summed E-state index contributed by atoms with van der Waals surface area (Å²) in [6.07, 6.45) is 3.58. The van der Waals surface area contributed by atoms with Gasteiger partial charge in [-0.3, -0.25) is 5.10 Å². The Balaban J connectivity index is 1.91. The lowest BCUT2D eigenvalue weighted by molar-refractivity contribution is 0.00697. The minimum Gasteiger partial charge on any atom is -0.444 e. The molecular formula is C15H26N4O2. The van der Waals surface area contributed by atoms with E-state index in [0.29, 0.717) is 0 Å². The summed E-state index contributed by atoms with van der Waals surface area (Å²) in [5, 5.41) is 10.4. The average molecular weight is 294 g/mol. The van der Waals surface area contributed by atoms with Gasteiger partial charge < -0.3 is 15.0 Å². The molecule has 0 unspecified atom stereocenters. The van der Waals surface area contributed by atoms with Gasteiger partial charge in [-0.15, -0.1) is 0 Å². The van der Waals surface area contributed by atoms with Gasteiger partial charge in [0.05, 0.1) is 0 Å². The molecule has 0 spiro atoms. The number of aromatic amines is 1.